The highest BCUT2D eigenvalue weighted by atomic mass is 32.2. The molecule has 0 aromatic heterocycles. The Morgan fingerprint density at radius 1 is 1.16 bits per heavy atom. The van der Waals surface area contributed by atoms with Crippen molar-refractivity contribution in [2.24, 2.45) is 0 Å². The van der Waals surface area contributed by atoms with Gasteiger partial charge in [0.2, 0.25) is 10.0 Å². The van der Waals surface area contributed by atoms with E-state index in [1.807, 2.05) is 0 Å². The van der Waals surface area contributed by atoms with Crippen LogP contribution >= 0.6 is 0 Å². The third kappa shape index (κ3) is 4.18. The molecule has 5 nitrogen and oxygen atoms in total. The number of sulfonamides is 1. The molecular weight excluding hydrogens is 345 g/mol. The Balaban J connectivity index is 2.26. The molecule has 1 unspecified atom stereocenters. The highest BCUT2D eigenvalue weighted by Crippen LogP contribution is 2.27. The molecule has 0 spiro atoms. The minimum Gasteiger partial charge on any atom is -0.496 e. The maximum absolute atomic E-state index is 14.1. The minimum absolute atomic E-state index is 0.109. The summed E-state index contributed by atoms with van der Waals surface area (Å²) in [6, 6.07) is 10.7. The number of hydrogen-bond acceptors (Lipinski definition) is 4. The van der Waals surface area contributed by atoms with Gasteiger partial charge in [0.05, 0.1) is 12.0 Å². The third-order valence-corrected chi connectivity index (χ3v) is 5.57. The quantitative estimate of drug-likeness (QED) is 0.817. The van der Waals surface area contributed by atoms with Crippen LogP contribution in [0.15, 0.2) is 47.4 Å². The van der Waals surface area contributed by atoms with Gasteiger partial charge in [-0.15, -0.1) is 0 Å². The van der Waals surface area contributed by atoms with Gasteiger partial charge in [-0.2, -0.15) is 0 Å². The van der Waals surface area contributed by atoms with Crippen LogP contribution in [0.1, 0.15) is 18.1 Å². The molecule has 0 aliphatic heterocycles. The maximum atomic E-state index is 14.1. The Labute approximate surface area is 147 Å². The molecule has 0 heterocycles. The molecule has 0 saturated heterocycles. The van der Waals surface area contributed by atoms with Gasteiger partial charge in [-0.25, -0.2) is 17.5 Å². The molecule has 0 bridgehead atoms. The zero-order valence-corrected chi connectivity index (χ0v) is 15.5. The Kier molecular flexibility index (Phi) is 5.82. The molecule has 0 saturated carbocycles. The van der Waals surface area contributed by atoms with E-state index in [1.54, 1.807) is 38.1 Å². The average Bonchev–Trinajstić information content (AvgIpc) is 2.60. The molecule has 0 fully saturated rings. The van der Waals surface area contributed by atoms with E-state index in [0.717, 1.165) is 0 Å². The summed E-state index contributed by atoms with van der Waals surface area (Å²) in [7, 11) is -0.844. The van der Waals surface area contributed by atoms with Crippen LogP contribution in [0.5, 0.6) is 5.75 Å². The van der Waals surface area contributed by atoms with E-state index in [0.29, 0.717) is 11.3 Å². The van der Waals surface area contributed by atoms with Crippen molar-refractivity contribution in [1.82, 2.24) is 4.72 Å². The maximum Gasteiger partial charge on any atom is 0.240 e. The van der Waals surface area contributed by atoms with Crippen LogP contribution in [0.4, 0.5) is 4.39 Å². The Bertz CT molecular complexity index is 854. The summed E-state index contributed by atoms with van der Waals surface area (Å²) in [6.45, 7) is 3.28. The molecule has 25 heavy (non-hydrogen) atoms. The fourth-order valence-electron chi connectivity index (χ4n) is 2.50. The SMILES string of the molecule is COc1ccc(S(=O)(=O)NCC(C)(OC)c2ccccc2F)cc1C. The summed E-state index contributed by atoms with van der Waals surface area (Å²) in [4.78, 5) is 0.109. The fraction of sp³-hybridized carbons (Fsp3) is 0.333. The van der Waals surface area contributed by atoms with E-state index in [-0.39, 0.29) is 17.0 Å². The van der Waals surface area contributed by atoms with Crippen molar-refractivity contribution in [2.45, 2.75) is 24.3 Å². The number of hydrogen-bond donors (Lipinski definition) is 1. The van der Waals surface area contributed by atoms with Crippen molar-refractivity contribution in [1.29, 1.82) is 0 Å². The van der Waals surface area contributed by atoms with Gasteiger partial charge < -0.3 is 9.47 Å². The van der Waals surface area contributed by atoms with Crippen molar-refractivity contribution in [3.63, 3.8) is 0 Å². The largest absolute Gasteiger partial charge is 0.496 e. The van der Waals surface area contributed by atoms with Gasteiger partial charge in [0.15, 0.2) is 0 Å². The average molecular weight is 367 g/mol. The number of benzene rings is 2. The first kappa shape index (κ1) is 19.4. The zero-order valence-electron chi connectivity index (χ0n) is 14.7. The molecule has 7 heteroatoms. The molecule has 2 aromatic rings. The normalized spacial score (nSPS) is 14.1. The van der Waals surface area contributed by atoms with Crippen LogP contribution in [0.3, 0.4) is 0 Å². The first-order chi connectivity index (χ1) is 11.7. The van der Waals surface area contributed by atoms with Crippen LogP contribution in [-0.2, 0) is 20.4 Å². The molecule has 0 aliphatic carbocycles. The number of aryl methyl sites for hydroxylation is 1. The lowest BCUT2D eigenvalue weighted by molar-refractivity contribution is 0.00410. The number of rotatable bonds is 7. The molecule has 2 aromatic carbocycles. The number of methoxy groups -OCH3 is 2. The van der Waals surface area contributed by atoms with E-state index in [2.05, 4.69) is 4.72 Å². The van der Waals surface area contributed by atoms with E-state index < -0.39 is 21.4 Å². The second-order valence-corrected chi connectivity index (χ2v) is 7.64. The minimum atomic E-state index is -3.78. The number of ether oxygens (including phenoxy) is 2. The Morgan fingerprint density at radius 3 is 2.40 bits per heavy atom. The molecule has 2 rings (SSSR count). The smallest absolute Gasteiger partial charge is 0.240 e. The Hall–Kier alpha value is -1.96. The lowest BCUT2D eigenvalue weighted by Crippen LogP contribution is -2.40. The van der Waals surface area contributed by atoms with Crippen molar-refractivity contribution in [3.05, 3.63) is 59.4 Å². The van der Waals surface area contributed by atoms with Gasteiger partial charge in [-0.3, -0.25) is 0 Å². The van der Waals surface area contributed by atoms with Crippen LogP contribution in [-0.4, -0.2) is 29.2 Å². The second kappa shape index (κ2) is 7.51. The first-order valence-electron chi connectivity index (χ1n) is 7.68. The molecule has 1 atom stereocenters. The van der Waals surface area contributed by atoms with Crippen molar-refractivity contribution < 1.29 is 22.3 Å². The van der Waals surface area contributed by atoms with Crippen molar-refractivity contribution in [3.8, 4) is 5.75 Å². The van der Waals surface area contributed by atoms with E-state index in [1.165, 1.54) is 32.4 Å². The van der Waals surface area contributed by atoms with Crippen LogP contribution in [0.2, 0.25) is 0 Å². The highest BCUT2D eigenvalue weighted by Gasteiger charge is 2.31. The lowest BCUT2D eigenvalue weighted by atomic mass is 9.95. The van der Waals surface area contributed by atoms with Gasteiger partial charge in [-0.1, -0.05) is 18.2 Å². The predicted molar refractivity (Wildman–Crippen MR) is 93.7 cm³/mol. The van der Waals surface area contributed by atoms with E-state index >= 15 is 0 Å². The predicted octanol–water partition coefficient (Wildman–Crippen LogP) is 2.98. The van der Waals surface area contributed by atoms with Gasteiger partial charge in [0.25, 0.3) is 0 Å². The summed E-state index contributed by atoms with van der Waals surface area (Å²) in [5.74, 6) is 0.151. The highest BCUT2D eigenvalue weighted by molar-refractivity contribution is 7.89. The Morgan fingerprint density at radius 2 is 1.84 bits per heavy atom. The molecule has 1 N–H and O–H groups in total. The number of halogens is 1. The van der Waals surface area contributed by atoms with Gasteiger partial charge in [0, 0.05) is 19.2 Å². The second-order valence-electron chi connectivity index (χ2n) is 5.87. The molecule has 136 valence electrons. The van der Waals surface area contributed by atoms with Crippen LogP contribution < -0.4 is 9.46 Å². The van der Waals surface area contributed by atoms with Crippen LogP contribution in [0, 0.1) is 12.7 Å². The summed E-state index contributed by atoms with van der Waals surface area (Å²) in [5, 5.41) is 0. The molecule has 0 amide bonds. The molecule has 0 aliphatic rings. The zero-order chi connectivity index (χ0) is 18.7. The summed E-state index contributed by atoms with van der Waals surface area (Å²) >= 11 is 0. The molecule has 0 radical (unpaired) electrons. The van der Waals surface area contributed by atoms with Gasteiger partial charge >= 0.3 is 0 Å². The lowest BCUT2D eigenvalue weighted by Gasteiger charge is -2.29. The first-order valence-corrected chi connectivity index (χ1v) is 9.16. The van der Waals surface area contributed by atoms with Gasteiger partial charge in [0.1, 0.15) is 17.2 Å². The molecular formula is C18H22FNO4S. The summed E-state index contributed by atoms with van der Waals surface area (Å²) in [6.07, 6.45) is 0. The fourth-order valence-corrected chi connectivity index (χ4v) is 3.71. The number of nitrogens with one attached hydrogen (secondary N) is 1. The van der Waals surface area contributed by atoms with Crippen molar-refractivity contribution >= 4 is 10.0 Å². The van der Waals surface area contributed by atoms with Crippen molar-refractivity contribution in [2.75, 3.05) is 20.8 Å². The van der Waals surface area contributed by atoms with E-state index in [9.17, 15) is 12.8 Å². The van der Waals surface area contributed by atoms with E-state index in [4.69, 9.17) is 9.47 Å². The summed E-state index contributed by atoms with van der Waals surface area (Å²) < 4.78 is 52.2. The monoisotopic (exact) mass is 367 g/mol. The summed E-state index contributed by atoms with van der Waals surface area (Å²) in [5.41, 5.74) is -0.153. The standard InChI is InChI=1S/C18H22FNO4S/c1-13-11-14(9-10-17(13)23-3)25(21,22)20-12-18(2,24-4)15-7-5-6-8-16(15)19/h5-11,20H,12H2,1-4H3. The third-order valence-electron chi connectivity index (χ3n) is 4.17. The van der Waals surface area contributed by atoms with Crippen LogP contribution in [0.25, 0.3) is 0 Å². The van der Waals surface area contributed by atoms with Gasteiger partial charge in [-0.05, 0) is 43.7 Å². The topological polar surface area (TPSA) is 64.6 Å².